The fraction of sp³-hybridized carbons (Fsp3) is 0.200. The molecule has 0 atom stereocenters. The van der Waals surface area contributed by atoms with Crippen LogP contribution in [0.3, 0.4) is 0 Å². The molecule has 1 saturated heterocycles. The number of thiazole rings is 1. The van der Waals surface area contributed by atoms with Crippen LogP contribution in [0.1, 0.15) is 5.56 Å². The number of benzene rings is 2. The Hall–Kier alpha value is -2.66. The molecule has 156 valence electrons. The predicted octanol–water partition coefficient (Wildman–Crippen LogP) is 3.42. The number of hydrazone groups is 1. The average Bonchev–Trinajstić information content (AvgIpc) is 3.25. The van der Waals surface area contributed by atoms with Gasteiger partial charge < -0.3 is 4.74 Å². The Bertz CT molecular complexity index is 1160. The Morgan fingerprint density at radius 2 is 1.97 bits per heavy atom. The van der Waals surface area contributed by atoms with Gasteiger partial charge in [0, 0.05) is 29.6 Å². The first-order valence-corrected chi connectivity index (χ1v) is 11.5. The molecule has 7 nitrogen and oxygen atoms in total. The molecule has 1 aromatic heterocycles. The van der Waals surface area contributed by atoms with Gasteiger partial charge in [-0.2, -0.15) is 9.41 Å². The van der Waals surface area contributed by atoms with Gasteiger partial charge in [0.05, 0.1) is 30.0 Å². The number of hydrogen-bond acceptors (Lipinski definition) is 7. The molecule has 3 aromatic rings. The topological polar surface area (TPSA) is 83.9 Å². The number of halogens is 1. The molecule has 0 bridgehead atoms. The van der Waals surface area contributed by atoms with E-state index in [9.17, 15) is 12.8 Å². The van der Waals surface area contributed by atoms with Crippen molar-refractivity contribution in [2.75, 3.05) is 31.7 Å². The van der Waals surface area contributed by atoms with Crippen molar-refractivity contribution in [1.29, 1.82) is 0 Å². The quantitative estimate of drug-likeness (QED) is 0.463. The van der Waals surface area contributed by atoms with Crippen LogP contribution in [0, 0.1) is 5.82 Å². The molecule has 0 saturated carbocycles. The highest BCUT2D eigenvalue weighted by Gasteiger charge is 2.26. The Kier molecular flexibility index (Phi) is 6.18. The number of nitrogens with zero attached hydrogens (tertiary/aromatic N) is 3. The van der Waals surface area contributed by atoms with Crippen molar-refractivity contribution in [2.45, 2.75) is 4.90 Å². The van der Waals surface area contributed by atoms with E-state index < -0.39 is 10.0 Å². The second kappa shape index (κ2) is 9.00. The van der Waals surface area contributed by atoms with E-state index in [0.29, 0.717) is 48.3 Å². The number of hydrogen-bond donors (Lipinski definition) is 1. The summed E-state index contributed by atoms with van der Waals surface area (Å²) in [5.41, 5.74) is 4.45. The van der Waals surface area contributed by atoms with Gasteiger partial charge >= 0.3 is 0 Å². The molecule has 4 rings (SSSR count). The van der Waals surface area contributed by atoms with Gasteiger partial charge in [0.25, 0.3) is 0 Å². The van der Waals surface area contributed by atoms with E-state index in [-0.39, 0.29) is 10.7 Å². The summed E-state index contributed by atoms with van der Waals surface area (Å²) in [5, 5.41) is 6.34. The first-order valence-electron chi connectivity index (χ1n) is 9.21. The maximum absolute atomic E-state index is 13.6. The van der Waals surface area contributed by atoms with E-state index in [1.807, 2.05) is 0 Å². The first kappa shape index (κ1) is 20.6. The van der Waals surface area contributed by atoms with Crippen molar-refractivity contribution in [1.82, 2.24) is 9.29 Å². The number of sulfonamides is 1. The summed E-state index contributed by atoms with van der Waals surface area (Å²) in [7, 11) is -3.58. The molecule has 0 amide bonds. The lowest BCUT2D eigenvalue weighted by atomic mass is 10.2. The minimum atomic E-state index is -3.58. The van der Waals surface area contributed by atoms with Gasteiger partial charge in [-0.1, -0.05) is 30.3 Å². The van der Waals surface area contributed by atoms with Gasteiger partial charge in [-0.15, -0.1) is 11.3 Å². The van der Waals surface area contributed by atoms with Crippen molar-refractivity contribution < 1.29 is 17.5 Å². The molecular formula is C20H19FN4O3S2. The number of morpholine rings is 1. The van der Waals surface area contributed by atoms with Crippen LogP contribution < -0.4 is 5.43 Å². The molecule has 0 unspecified atom stereocenters. The van der Waals surface area contributed by atoms with Gasteiger partial charge in [-0.25, -0.2) is 17.8 Å². The second-order valence-corrected chi connectivity index (χ2v) is 9.27. The molecule has 0 spiro atoms. The second-order valence-electron chi connectivity index (χ2n) is 6.47. The third kappa shape index (κ3) is 4.57. The van der Waals surface area contributed by atoms with E-state index >= 15 is 0 Å². The fourth-order valence-electron chi connectivity index (χ4n) is 2.95. The summed E-state index contributed by atoms with van der Waals surface area (Å²) in [6.45, 7) is 1.48. The lowest BCUT2D eigenvalue weighted by molar-refractivity contribution is 0.0730. The molecule has 0 aliphatic carbocycles. The van der Waals surface area contributed by atoms with Gasteiger partial charge in [0.1, 0.15) is 5.82 Å². The summed E-state index contributed by atoms with van der Waals surface area (Å²) < 4.78 is 46.0. The number of rotatable bonds is 6. The maximum Gasteiger partial charge on any atom is 0.243 e. The monoisotopic (exact) mass is 446 g/mol. The molecule has 1 aliphatic rings. The minimum Gasteiger partial charge on any atom is -0.379 e. The molecule has 0 radical (unpaired) electrons. The summed E-state index contributed by atoms with van der Waals surface area (Å²) in [5.74, 6) is -0.360. The number of ether oxygens (including phenoxy) is 1. The third-order valence-electron chi connectivity index (χ3n) is 4.51. The van der Waals surface area contributed by atoms with Gasteiger partial charge in [-0.3, -0.25) is 5.43 Å². The molecule has 1 aliphatic heterocycles. The SMILES string of the molecule is O=S(=O)(c1cccc(-c2csc(N/N=C\c3ccccc3F)n2)c1)N1CCOCC1. The highest BCUT2D eigenvalue weighted by molar-refractivity contribution is 7.89. The molecular weight excluding hydrogens is 427 g/mol. The van der Waals surface area contributed by atoms with Gasteiger partial charge in [-0.05, 0) is 18.2 Å². The number of nitrogens with one attached hydrogen (secondary N) is 1. The fourth-order valence-corrected chi connectivity index (χ4v) is 5.07. The van der Waals surface area contributed by atoms with Crippen LogP contribution in [0.15, 0.2) is 63.9 Å². The summed E-state index contributed by atoms with van der Waals surface area (Å²) >= 11 is 1.32. The number of anilines is 1. The van der Waals surface area contributed by atoms with Crippen molar-refractivity contribution >= 4 is 32.7 Å². The third-order valence-corrected chi connectivity index (χ3v) is 7.15. The first-order chi connectivity index (χ1) is 14.5. The van der Waals surface area contributed by atoms with Gasteiger partial charge in [0.2, 0.25) is 15.2 Å². The van der Waals surface area contributed by atoms with Crippen LogP contribution >= 0.6 is 11.3 Å². The highest BCUT2D eigenvalue weighted by atomic mass is 32.2. The van der Waals surface area contributed by atoms with Crippen molar-refractivity contribution in [3.8, 4) is 11.3 Å². The molecule has 2 aromatic carbocycles. The lowest BCUT2D eigenvalue weighted by Gasteiger charge is -2.26. The Morgan fingerprint density at radius 3 is 2.77 bits per heavy atom. The van der Waals surface area contributed by atoms with Crippen molar-refractivity contribution in [3.05, 3.63) is 65.3 Å². The molecule has 2 heterocycles. The van der Waals surface area contributed by atoms with Crippen LogP contribution in [-0.2, 0) is 14.8 Å². The molecule has 10 heteroatoms. The van der Waals surface area contributed by atoms with E-state index in [1.54, 1.807) is 47.8 Å². The van der Waals surface area contributed by atoms with Crippen LogP contribution in [0.5, 0.6) is 0 Å². The van der Waals surface area contributed by atoms with Crippen LogP contribution in [0.2, 0.25) is 0 Å². The Labute approximate surface area is 177 Å². The molecule has 30 heavy (non-hydrogen) atoms. The van der Waals surface area contributed by atoms with E-state index in [1.165, 1.54) is 27.9 Å². The lowest BCUT2D eigenvalue weighted by Crippen LogP contribution is -2.40. The number of aromatic nitrogens is 1. The Morgan fingerprint density at radius 1 is 1.17 bits per heavy atom. The minimum absolute atomic E-state index is 0.224. The summed E-state index contributed by atoms with van der Waals surface area (Å²) in [4.78, 5) is 4.67. The standard InChI is InChI=1S/C20H19FN4O3S2/c21-18-7-2-1-4-16(18)13-22-24-20-23-19(14-29-20)15-5-3-6-17(12-15)30(26,27)25-8-10-28-11-9-25/h1-7,12-14H,8-11H2,(H,23,24)/b22-13-. The molecule has 1 fully saturated rings. The van der Waals surface area contributed by atoms with Crippen molar-refractivity contribution in [2.24, 2.45) is 5.10 Å². The predicted molar refractivity (Wildman–Crippen MR) is 115 cm³/mol. The maximum atomic E-state index is 13.6. The van der Waals surface area contributed by atoms with Gasteiger partial charge in [0.15, 0.2) is 0 Å². The van der Waals surface area contributed by atoms with E-state index in [2.05, 4.69) is 15.5 Å². The van der Waals surface area contributed by atoms with Crippen molar-refractivity contribution in [3.63, 3.8) is 0 Å². The highest BCUT2D eigenvalue weighted by Crippen LogP contribution is 2.28. The van der Waals surface area contributed by atoms with Crippen LogP contribution in [0.25, 0.3) is 11.3 Å². The van der Waals surface area contributed by atoms with Crippen LogP contribution in [0.4, 0.5) is 9.52 Å². The van der Waals surface area contributed by atoms with Crippen LogP contribution in [-0.4, -0.2) is 50.2 Å². The normalized spacial score (nSPS) is 15.5. The average molecular weight is 447 g/mol. The zero-order valence-corrected chi connectivity index (χ0v) is 17.5. The molecule has 1 N–H and O–H groups in total. The Balaban J connectivity index is 1.50. The summed E-state index contributed by atoms with van der Waals surface area (Å²) in [6.07, 6.45) is 1.38. The zero-order chi connectivity index (χ0) is 21.0. The smallest absolute Gasteiger partial charge is 0.243 e. The van der Waals surface area contributed by atoms with E-state index in [4.69, 9.17) is 4.74 Å². The largest absolute Gasteiger partial charge is 0.379 e. The summed E-state index contributed by atoms with van der Waals surface area (Å²) in [6, 6.07) is 13.0. The van der Waals surface area contributed by atoms with E-state index in [0.717, 1.165) is 0 Å². The zero-order valence-electron chi connectivity index (χ0n) is 15.9.